The van der Waals surface area contributed by atoms with E-state index < -0.39 is 0 Å². The Balaban J connectivity index is 2.32. The Hall–Kier alpha value is -1.62. The van der Waals surface area contributed by atoms with E-state index in [1.165, 1.54) is 42.2 Å². The van der Waals surface area contributed by atoms with Crippen LogP contribution in [0.2, 0.25) is 0 Å². The van der Waals surface area contributed by atoms with E-state index in [0.717, 1.165) is 24.2 Å². The molecule has 0 aliphatic heterocycles. The van der Waals surface area contributed by atoms with E-state index in [4.69, 9.17) is 5.73 Å². The van der Waals surface area contributed by atoms with E-state index in [1.54, 1.807) is 6.20 Å². The maximum Gasteiger partial charge on any atom is 0.147 e. The van der Waals surface area contributed by atoms with Gasteiger partial charge in [-0.3, -0.25) is 4.98 Å². The minimum Gasteiger partial charge on any atom is -0.382 e. The molecule has 0 amide bonds. The van der Waals surface area contributed by atoms with Crippen molar-refractivity contribution in [3.05, 3.63) is 24.5 Å². The summed E-state index contributed by atoms with van der Waals surface area (Å²) in [5.41, 5.74) is 8.21. The van der Waals surface area contributed by atoms with Crippen LogP contribution in [0.5, 0.6) is 0 Å². The molecular formula is C16H24N4S. The Kier molecular flexibility index (Phi) is 5.99. The van der Waals surface area contributed by atoms with Crippen molar-refractivity contribution in [1.29, 1.82) is 0 Å². The Morgan fingerprint density at radius 3 is 2.48 bits per heavy atom. The van der Waals surface area contributed by atoms with E-state index in [2.05, 4.69) is 34.2 Å². The lowest BCUT2D eigenvalue weighted by molar-refractivity contribution is 0.682. The lowest BCUT2D eigenvalue weighted by Gasteiger charge is -2.24. The van der Waals surface area contributed by atoms with Crippen molar-refractivity contribution in [3.63, 3.8) is 0 Å². The molecule has 2 aromatic rings. The molecule has 4 nitrogen and oxygen atoms in total. The van der Waals surface area contributed by atoms with Crippen LogP contribution in [-0.2, 0) is 0 Å². The average molecular weight is 304 g/mol. The summed E-state index contributed by atoms with van der Waals surface area (Å²) in [6.07, 6.45) is 8.41. The van der Waals surface area contributed by atoms with Crippen molar-refractivity contribution >= 4 is 22.4 Å². The van der Waals surface area contributed by atoms with Crippen LogP contribution in [0.25, 0.3) is 11.1 Å². The minimum absolute atomic E-state index is 0.612. The largest absolute Gasteiger partial charge is 0.382 e. The van der Waals surface area contributed by atoms with Gasteiger partial charge in [0.15, 0.2) is 0 Å². The van der Waals surface area contributed by atoms with Crippen LogP contribution in [0.15, 0.2) is 24.5 Å². The maximum atomic E-state index is 6.11. The predicted molar refractivity (Wildman–Crippen MR) is 91.8 cm³/mol. The number of aromatic nitrogens is 2. The Bertz CT molecular complexity index is 530. The predicted octanol–water partition coefficient (Wildman–Crippen LogP) is 4.19. The number of hydrogen-bond acceptors (Lipinski definition) is 5. The third-order valence-corrected chi connectivity index (χ3v) is 4.42. The molecule has 0 bridgehead atoms. The van der Waals surface area contributed by atoms with Gasteiger partial charge in [0.2, 0.25) is 0 Å². The smallest absolute Gasteiger partial charge is 0.147 e. The number of nitrogen functional groups attached to an aromatic ring is 1. The van der Waals surface area contributed by atoms with Gasteiger partial charge < -0.3 is 10.6 Å². The van der Waals surface area contributed by atoms with Crippen LogP contribution in [-0.4, -0.2) is 22.4 Å². The van der Waals surface area contributed by atoms with Crippen molar-refractivity contribution in [2.75, 3.05) is 23.7 Å². The monoisotopic (exact) mass is 304 g/mol. The molecule has 5 heteroatoms. The summed E-state index contributed by atoms with van der Waals surface area (Å²) in [5.74, 6) is 0.612. The number of hydrogen-bond donors (Lipinski definition) is 1. The Morgan fingerprint density at radius 2 is 1.90 bits per heavy atom. The Morgan fingerprint density at radius 1 is 1.19 bits per heavy atom. The van der Waals surface area contributed by atoms with Gasteiger partial charge in [-0.25, -0.2) is 0 Å². The lowest BCUT2D eigenvalue weighted by Crippen LogP contribution is -2.25. The van der Waals surface area contributed by atoms with Crippen molar-refractivity contribution < 1.29 is 0 Å². The average Bonchev–Trinajstić information content (AvgIpc) is 2.90. The molecule has 21 heavy (non-hydrogen) atoms. The normalized spacial score (nSPS) is 10.8. The van der Waals surface area contributed by atoms with Gasteiger partial charge in [0.25, 0.3) is 0 Å². The first kappa shape index (κ1) is 15.8. The number of unbranched alkanes of at least 4 members (excludes halogenated alkanes) is 2. The molecular weight excluding hydrogens is 280 g/mol. The van der Waals surface area contributed by atoms with Crippen LogP contribution in [0.3, 0.4) is 0 Å². The third-order valence-electron chi connectivity index (χ3n) is 3.50. The molecule has 2 rings (SSSR count). The summed E-state index contributed by atoms with van der Waals surface area (Å²) in [7, 11) is 0. The first-order valence-electron chi connectivity index (χ1n) is 7.68. The number of nitrogens with two attached hydrogens (primary N) is 1. The molecule has 2 N–H and O–H groups in total. The summed E-state index contributed by atoms with van der Waals surface area (Å²) in [5, 5.41) is 1.18. The van der Waals surface area contributed by atoms with Gasteiger partial charge in [-0.15, -0.1) is 0 Å². The van der Waals surface area contributed by atoms with Crippen LogP contribution >= 0.6 is 11.5 Å². The molecule has 0 saturated heterocycles. The summed E-state index contributed by atoms with van der Waals surface area (Å²) < 4.78 is 4.38. The minimum atomic E-state index is 0.612. The first-order chi connectivity index (χ1) is 10.3. The molecule has 0 spiro atoms. The zero-order valence-corrected chi connectivity index (χ0v) is 13.7. The fraction of sp³-hybridized carbons (Fsp3) is 0.500. The summed E-state index contributed by atoms with van der Waals surface area (Å²) >= 11 is 1.50. The number of nitrogens with zero attached hydrogens (tertiary/aromatic N) is 3. The van der Waals surface area contributed by atoms with Crippen LogP contribution in [0.4, 0.5) is 10.8 Å². The van der Waals surface area contributed by atoms with Gasteiger partial charge in [0.1, 0.15) is 10.8 Å². The van der Waals surface area contributed by atoms with E-state index in [1.807, 2.05) is 12.3 Å². The van der Waals surface area contributed by atoms with Crippen molar-refractivity contribution in [3.8, 4) is 11.1 Å². The zero-order valence-electron chi connectivity index (χ0n) is 12.9. The summed E-state index contributed by atoms with van der Waals surface area (Å²) in [6, 6.07) is 3.99. The van der Waals surface area contributed by atoms with Gasteiger partial charge in [0, 0.05) is 31.0 Å². The van der Waals surface area contributed by atoms with E-state index in [0.29, 0.717) is 5.82 Å². The highest BCUT2D eigenvalue weighted by Gasteiger charge is 2.18. The second-order valence-electron chi connectivity index (χ2n) is 5.18. The molecule has 0 atom stereocenters. The van der Waals surface area contributed by atoms with Crippen molar-refractivity contribution in [2.45, 2.75) is 39.5 Å². The quantitative estimate of drug-likeness (QED) is 0.794. The third kappa shape index (κ3) is 3.94. The van der Waals surface area contributed by atoms with Gasteiger partial charge in [-0.2, -0.15) is 4.37 Å². The van der Waals surface area contributed by atoms with Crippen molar-refractivity contribution in [2.24, 2.45) is 0 Å². The molecule has 0 saturated carbocycles. The van der Waals surface area contributed by atoms with Crippen LogP contribution in [0, 0.1) is 0 Å². The number of anilines is 2. The number of rotatable bonds is 8. The Labute approximate surface area is 131 Å². The molecule has 0 unspecified atom stereocenters. The molecule has 0 fully saturated rings. The fourth-order valence-corrected chi connectivity index (χ4v) is 3.19. The molecule has 114 valence electrons. The fourth-order valence-electron chi connectivity index (χ4n) is 2.30. The second-order valence-corrected chi connectivity index (χ2v) is 5.94. The van der Waals surface area contributed by atoms with Gasteiger partial charge >= 0.3 is 0 Å². The highest BCUT2D eigenvalue weighted by atomic mass is 32.1. The molecule has 2 heterocycles. The standard InChI is InChI=1S/C16H24N4S/c1-3-5-10-20(11-6-4-2)16-14(15(17)19-21-16)13-8-7-9-18-12-13/h7-9,12H,3-6,10-11H2,1-2H3,(H2,17,19). The van der Waals surface area contributed by atoms with Crippen LogP contribution < -0.4 is 10.6 Å². The molecule has 2 aromatic heterocycles. The second kappa shape index (κ2) is 7.98. The lowest BCUT2D eigenvalue weighted by atomic mass is 10.1. The van der Waals surface area contributed by atoms with Gasteiger partial charge in [-0.05, 0) is 30.4 Å². The highest BCUT2D eigenvalue weighted by molar-refractivity contribution is 7.11. The maximum absolute atomic E-state index is 6.11. The molecule has 0 aliphatic rings. The summed E-state index contributed by atoms with van der Waals surface area (Å²) in [4.78, 5) is 6.64. The molecule has 0 aliphatic carbocycles. The van der Waals surface area contributed by atoms with Gasteiger partial charge in [0.05, 0.1) is 5.56 Å². The summed E-state index contributed by atoms with van der Waals surface area (Å²) in [6.45, 7) is 6.57. The first-order valence-corrected chi connectivity index (χ1v) is 8.45. The van der Waals surface area contributed by atoms with E-state index in [9.17, 15) is 0 Å². The zero-order chi connectivity index (χ0) is 15.1. The molecule has 0 aromatic carbocycles. The SMILES string of the molecule is CCCCN(CCCC)c1snc(N)c1-c1cccnc1. The van der Waals surface area contributed by atoms with E-state index in [-0.39, 0.29) is 0 Å². The molecule has 0 radical (unpaired) electrons. The van der Waals surface area contributed by atoms with Crippen LogP contribution in [0.1, 0.15) is 39.5 Å². The van der Waals surface area contributed by atoms with E-state index >= 15 is 0 Å². The number of pyridine rings is 1. The van der Waals surface area contributed by atoms with Crippen molar-refractivity contribution in [1.82, 2.24) is 9.36 Å². The highest BCUT2D eigenvalue weighted by Crippen LogP contribution is 2.39. The topological polar surface area (TPSA) is 55.0 Å². The van der Waals surface area contributed by atoms with Gasteiger partial charge in [-0.1, -0.05) is 32.8 Å².